The van der Waals surface area contributed by atoms with Crippen molar-refractivity contribution in [2.75, 3.05) is 7.11 Å². The van der Waals surface area contributed by atoms with Crippen molar-refractivity contribution in [2.24, 2.45) is 0 Å². The molecule has 0 N–H and O–H groups in total. The van der Waals surface area contributed by atoms with Gasteiger partial charge in [0.2, 0.25) is 6.10 Å². The zero-order chi connectivity index (χ0) is 11.3. The van der Waals surface area contributed by atoms with Crippen LogP contribution in [0.5, 0.6) is 5.75 Å². The highest BCUT2D eigenvalue weighted by atomic mass is 19.1. The number of hydrogen-bond acceptors (Lipinski definition) is 3. The van der Waals surface area contributed by atoms with Crippen LogP contribution in [-0.4, -0.2) is 19.2 Å². The molecule has 15 heavy (non-hydrogen) atoms. The molecule has 0 radical (unpaired) electrons. The summed E-state index contributed by atoms with van der Waals surface area (Å²) in [5.74, 6) is -0.531. The molecule has 1 rings (SSSR count). The summed E-state index contributed by atoms with van der Waals surface area (Å²) in [4.78, 5) is 11.1. The Morgan fingerprint density at radius 3 is 2.53 bits per heavy atom. The molecule has 0 heterocycles. The monoisotopic (exact) mass is 210 g/mol. The van der Waals surface area contributed by atoms with Crippen molar-refractivity contribution in [3.8, 4) is 5.75 Å². The van der Waals surface area contributed by atoms with Crippen LogP contribution in [0.4, 0.5) is 4.39 Å². The minimum atomic E-state index is -0.875. The summed E-state index contributed by atoms with van der Waals surface area (Å²) < 4.78 is 22.3. The lowest BCUT2D eigenvalue weighted by Gasteiger charge is -2.12. The van der Waals surface area contributed by atoms with E-state index in [4.69, 9.17) is 4.74 Å². The average molecular weight is 210 g/mol. The Labute approximate surface area is 87.1 Å². The second-order valence-electron chi connectivity index (χ2n) is 2.75. The van der Waals surface area contributed by atoms with E-state index in [2.05, 4.69) is 11.3 Å². The fourth-order valence-electron chi connectivity index (χ4n) is 0.968. The van der Waals surface area contributed by atoms with Gasteiger partial charge in [-0.25, -0.2) is 9.18 Å². The first-order valence-electron chi connectivity index (χ1n) is 4.30. The SMILES string of the molecule is C=CC(Oc1ccc(F)cc1)C(=O)OC. The molecule has 1 unspecified atom stereocenters. The molecule has 3 nitrogen and oxygen atoms in total. The lowest BCUT2D eigenvalue weighted by Crippen LogP contribution is -2.26. The standard InChI is InChI=1S/C11H11FO3/c1-3-10(11(13)14-2)15-9-6-4-8(12)5-7-9/h3-7,10H,1H2,2H3. The van der Waals surface area contributed by atoms with Crippen LogP contribution in [0.1, 0.15) is 0 Å². The van der Waals surface area contributed by atoms with Gasteiger partial charge in [0.25, 0.3) is 0 Å². The first-order chi connectivity index (χ1) is 7.17. The molecule has 0 fully saturated rings. The van der Waals surface area contributed by atoms with Gasteiger partial charge in [0, 0.05) is 0 Å². The van der Waals surface area contributed by atoms with Crippen molar-refractivity contribution >= 4 is 5.97 Å². The van der Waals surface area contributed by atoms with Crippen molar-refractivity contribution in [1.82, 2.24) is 0 Å². The molecule has 4 heteroatoms. The maximum absolute atomic E-state index is 12.6. The molecule has 80 valence electrons. The van der Waals surface area contributed by atoms with E-state index in [-0.39, 0.29) is 5.82 Å². The highest BCUT2D eigenvalue weighted by molar-refractivity contribution is 5.77. The lowest BCUT2D eigenvalue weighted by atomic mass is 10.3. The Bertz CT molecular complexity index is 345. The first-order valence-corrected chi connectivity index (χ1v) is 4.30. The van der Waals surface area contributed by atoms with Crippen molar-refractivity contribution in [3.63, 3.8) is 0 Å². The van der Waals surface area contributed by atoms with Crippen LogP contribution in [0.2, 0.25) is 0 Å². The topological polar surface area (TPSA) is 35.5 Å². The summed E-state index contributed by atoms with van der Waals surface area (Å²) in [5, 5.41) is 0. The van der Waals surface area contributed by atoms with Crippen molar-refractivity contribution < 1.29 is 18.7 Å². The van der Waals surface area contributed by atoms with Gasteiger partial charge in [-0.05, 0) is 30.3 Å². The van der Waals surface area contributed by atoms with Gasteiger partial charge in [0.1, 0.15) is 11.6 Å². The van der Waals surface area contributed by atoms with E-state index in [9.17, 15) is 9.18 Å². The Morgan fingerprint density at radius 2 is 2.07 bits per heavy atom. The molecule has 0 saturated carbocycles. The molecular formula is C11H11FO3. The van der Waals surface area contributed by atoms with E-state index in [1.165, 1.54) is 37.5 Å². The predicted molar refractivity (Wildman–Crippen MR) is 53.0 cm³/mol. The lowest BCUT2D eigenvalue weighted by molar-refractivity contribution is -0.146. The summed E-state index contributed by atoms with van der Waals surface area (Å²) in [5.41, 5.74) is 0. The van der Waals surface area contributed by atoms with E-state index in [1.54, 1.807) is 0 Å². The van der Waals surface area contributed by atoms with E-state index >= 15 is 0 Å². The molecule has 0 spiro atoms. The van der Waals surface area contributed by atoms with E-state index in [1.807, 2.05) is 0 Å². The molecule has 1 atom stereocenters. The Morgan fingerprint density at radius 1 is 1.47 bits per heavy atom. The molecule has 0 aromatic heterocycles. The van der Waals surface area contributed by atoms with Gasteiger partial charge in [-0.15, -0.1) is 0 Å². The smallest absolute Gasteiger partial charge is 0.351 e. The summed E-state index contributed by atoms with van der Waals surface area (Å²) in [6.07, 6.45) is 0.440. The molecule has 1 aromatic rings. The fraction of sp³-hybridized carbons (Fsp3) is 0.182. The fourth-order valence-corrected chi connectivity index (χ4v) is 0.968. The van der Waals surface area contributed by atoms with E-state index in [0.29, 0.717) is 5.75 Å². The number of carbonyl (C=O) groups excluding carboxylic acids is 1. The minimum Gasteiger partial charge on any atom is -0.475 e. The van der Waals surface area contributed by atoms with Crippen LogP contribution in [0.25, 0.3) is 0 Å². The Kier molecular flexibility index (Phi) is 3.85. The molecule has 0 saturated heterocycles. The van der Waals surface area contributed by atoms with Crippen LogP contribution < -0.4 is 4.74 Å². The summed E-state index contributed by atoms with van der Waals surface area (Å²) in [6.45, 7) is 3.44. The molecule has 0 aliphatic rings. The second kappa shape index (κ2) is 5.14. The van der Waals surface area contributed by atoms with Crippen molar-refractivity contribution in [2.45, 2.75) is 6.10 Å². The molecule has 0 amide bonds. The molecule has 1 aromatic carbocycles. The van der Waals surface area contributed by atoms with Crippen molar-refractivity contribution in [1.29, 1.82) is 0 Å². The van der Waals surface area contributed by atoms with E-state index in [0.717, 1.165) is 0 Å². The summed E-state index contributed by atoms with van der Waals surface area (Å²) in [7, 11) is 1.26. The summed E-state index contributed by atoms with van der Waals surface area (Å²) >= 11 is 0. The third-order valence-corrected chi connectivity index (χ3v) is 1.72. The van der Waals surface area contributed by atoms with Crippen LogP contribution in [0.15, 0.2) is 36.9 Å². The van der Waals surface area contributed by atoms with Crippen LogP contribution in [0.3, 0.4) is 0 Å². The Balaban J connectivity index is 2.71. The van der Waals surface area contributed by atoms with Gasteiger partial charge in [-0.1, -0.05) is 6.58 Å². The first kappa shape index (κ1) is 11.2. The van der Waals surface area contributed by atoms with Gasteiger partial charge >= 0.3 is 5.97 Å². The number of ether oxygens (including phenoxy) is 2. The number of esters is 1. The number of methoxy groups -OCH3 is 1. The van der Waals surface area contributed by atoms with Gasteiger partial charge in [-0.3, -0.25) is 0 Å². The van der Waals surface area contributed by atoms with Crippen LogP contribution in [-0.2, 0) is 9.53 Å². The number of carbonyl (C=O) groups is 1. The van der Waals surface area contributed by atoms with Gasteiger partial charge in [0.15, 0.2) is 0 Å². The highest BCUT2D eigenvalue weighted by Gasteiger charge is 2.16. The largest absolute Gasteiger partial charge is 0.475 e. The third kappa shape index (κ3) is 3.09. The predicted octanol–water partition coefficient (Wildman–Crippen LogP) is 1.93. The molecular weight excluding hydrogens is 199 g/mol. The van der Waals surface area contributed by atoms with Crippen LogP contribution in [0, 0.1) is 5.82 Å². The van der Waals surface area contributed by atoms with Crippen LogP contribution >= 0.6 is 0 Å². The van der Waals surface area contributed by atoms with Gasteiger partial charge in [-0.2, -0.15) is 0 Å². The molecule has 0 aliphatic heterocycles. The third-order valence-electron chi connectivity index (χ3n) is 1.72. The average Bonchev–Trinajstić information content (AvgIpc) is 2.27. The quantitative estimate of drug-likeness (QED) is 0.562. The number of halogens is 1. The zero-order valence-electron chi connectivity index (χ0n) is 8.27. The normalized spacial score (nSPS) is 11.6. The summed E-state index contributed by atoms with van der Waals surface area (Å²) in [6, 6.07) is 5.34. The zero-order valence-corrected chi connectivity index (χ0v) is 8.27. The highest BCUT2D eigenvalue weighted by Crippen LogP contribution is 2.13. The Hall–Kier alpha value is -1.84. The number of hydrogen-bond donors (Lipinski definition) is 0. The van der Waals surface area contributed by atoms with Gasteiger partial charge < -0.3 is 9.47 Å². The van der Waals surface area contributed by atoms with E-state index < -0.39 is 12.1 Å². The molecule has 0 bridgehead atoms. The maximum atomic E-state index is 12.6. The molecule has 0 aliphatic carbocycles. The number of rotatable bonds is 4. The minimum absolute atomic E-state index is 0.365. The second-order valence-corrected chi connectivity index (χ2v) is 2.75. The number of benzene rings is 1. The van der Waals surface area contributed by atoms with Gasteiger partial charge in [0.05, 0.1) is 7.11 Å². The maximum Gasteiger partial charge on any atom is 0.351 e. The van der Waals surface area contributed by atoms with Crippen molar-refractivity contribution in [3.05, 3.63) is 42.7 Å².